The number of hydrogen-bond acceptors (Lipinski definition) is 3. The molecule has 0 bridgehead atoms. The zero-order chi connectivity index (χ0) is 20.9. The molecule has 2 aliphatic heterocycles. The Kier molecular flexibility index (Phi) is 3.87. The number of rotatable bonds is 0. The molecule has 0 saturated heterocycles. The van der Waals surface area contributed by atoms with Crippen molar-refractivity contribution in [2.75, 3.05) is 0 Å². The Balaban J connectivity index is 1.75. The molecule has 5 rings (SSSR count). The fraction of sp³-hybridized carbons (Fsp3) is 0.720. The van der Waals surface area contributed by atoms with E-state index in [0.29, 0.717) is 11.8 Å². The first-order valence-corrected chi connectivity index (χ1v) is 11.4. The number of carbonyl (C=O) groups excluding carboxylic acids is 1. The Hall–Kier alpha value is -1.55. The van der Waals surface area contributed by atoms with Crippen molar-refractivity contribution in [2.45, 2.75) is 91.4 Å². The summed E-state index contributed by atoms with van der Waals surface area (Å²) in [4.78, 5) is 12.5. The fourth-order valence-electron chi connectivity index (χ4n) is 7.43. The van der Waals surface area contributed by atoms with Crippen molar-refractivity contribution in [2.24, 2.45) is 22.7 Å². The summed E-state index contributed by atoms with van der Waals surface area (Å²) in [5, 5.41) is 14.0. The number of fused-ring (bicyclic) bond motifs is 3. The van der Waals surface area contributed by atoms with E-state index in [1.807, 2.05) is 0 Å². The molecule has 0 radical (unpaired) electrons. The Labute approximate surface area is 174 Å². The summed E-state index contributed by atoms with van der Waals surface area (Å²) < 4.78 is 7.22. The molecule has 1 amide bonds. The first kappa shape index (κ1) is 19.4. The summed E-state index contributed by atoms with van der Waals surface area (Å²) in [6.07, 6.45) is 4.65. The quantitative estimate of drug-likeness (QED) is 0.667. The highest BCUT2D eigenvalue weighted by Crippen LogP contribution is 2.66. The molecular formula is C25H35NO3. The summed E-state index contributed by atoms with van der Waals surface area (Å²) in [6.45, 7) is 13.5. The third-order valence-corrected chi connectivity index (χ3v) is 9.55. The van der Waals surface area contributed by atoms with Gasteiger partial charge in [-0.2, -0.15) is 0 Å². The molecule has 1 aromatic rings. The third kappa shape index (κ3) is 2.22. The number of ether oxygens (including phenoxy) is 1. The SMILES string of the molecule is Cc1cc2c(c3c1C[C@]1(C)[C@@H](C)CCC4C(C)(C)[C@@H](O)CCC41O3)C(C)NC2=O. The summed E-state index contributed by atoms with van der Waals surface area (Å²) in [7, 11) is 0. The highest BCUT2D eigenvalue weighted by Gasteiger charge is 2.67. The lowest BCUT2D eigenvalue weighted by atomic mass is 9.43. The van der Waals surface area contributed by atoms with E-state index in [1.165, 1.54) is 17.5 Å². The van der Waals surface area contributed by atoms with Gasteiger partial charge in [0, 0.05) is 22.5 Å². The molecule has 6 atom stereocenters. The average Bonchev–Trinajstić information content (AvgIpc) is 2.92. The highest BCUT2D eigenvalue weighted by atomic mass is 16.5. The van der Waals surface area contributed by atoms with Gasteiger partial charge in [-0.3, -0.25) is 4.79 Å². The van der Waals surface area contributed by atoms with Gasteiger partial charge in [-0.1, -0.05) is 27.7 Å². The highest BCUT2D eigenvalue weighted by molar-refractivity contribution is 6.00. The first-order valence-electron chi connectivity index (χ1n) is 11.4. The average molecular weight is 398 g/mol. The van der Waals surface area contributed by atoms with Gasteiger partial charge in [0.1, 0.15) is 11.4 Å². The van der Waals surface area contributed by atoms with Crippen LogP contribution in [-0.4, -0.2) is 22.7 Å². The third-order valence-electron chi connectivity index (χ3n) is 9.55. The molecule has 0 aromatic heterocycles. The summed E-state index contributed by atoms with van der Waals surface area (Å²) >= 11 is 0. The Morgan fingerprint density at radius 2 is 1.90 bits per heavy atom. The molecule has 1 spiro atoms. The van der Waals surface area contributed by atoms with Gasteiger partial charge < -0.3 is 15.2 Å². The summed E-state index contributed by atoms with van der Waals surface area (Å²) in [6, 6.07) is 2.05. The zero-order valence-electron chi connectivity index (χ0n) is 18.7. The number of hydrogen-bond donors (Lipinski definition) is 2. The van der Waals surface area contributed by atoms with Crippen LogP contribution < -0.4 is 10.1 Å². The van der Waals surface area contributed by atoms with Crippen LogP contribution in [0.3, 0.4) is 0 Å². The predicted molar refractivity (Wildman–Crippen MR) is 113 cm³/mol. The Morgan fingerprint density at radius 3 is 2.62 bits per heavy atom. The predicted octanol–water partition coefficient (Wildman–Crippen LogP) is 4.71. The van der Waals surface area contributed by atoms with Gasteiger partial charge in [-0.25, -0.2) is 0 Å². The van der Waals surface area contributed by atoms with Crippen molar-refractivity contribution in [1.29, 1.82) is 0 Å². The Morgan fingerprint density at radius 1 is 1.17 bits per heavy atom. The molecule has 29 heavy (non-hydrogen) atoms. The number of aliphatic hydroxyl groups is 1. The lowest BCUT2D eigenvalue weighted by Gasteiger charge is -2.67. The van der Waals surface area contributed by atoms with Crippen molar-refractivity contribution in [3.8, 4) is 5.75 Å². The smallest absolute Gasteiger partial charge is 0.252 e. The van der Waals surface area contributed by atoms with Gasteiger partial charge in [0.15, 0.2) is 0 Å². The molecule has 4 heteroatoms. The monoisotopic (exact) mass is 397 g/mol. The van der Waals surface area contributed by atoms with Crippen LogP contribution in [0.2, 0.25) is 0 Å². The number of amides is 1. The van der Waals surface area contributed by atoms with Crippen LogP contribution in [0.15, 0.2) is 6.07 Å². The van der Waals surface area contributed by atoms with Gasteiger partial charge in [0.25, 0.3) is 5.91 Å². The van der Waals surface area contributed by atoms with Crippen molar-refractivity contribution < 1.29 is 14.6 Å². The second-order valence-electron chi connectivity index (χ2n) is 11.2. The molecule has 2 N–H and O–H groups in total. The Bertz CT molecular complexity index is 906. The summed E-state index contributed by atoms with van der Waals surface area (Å²) in [5.74, 6) is 1.85. The van der Waals surface area contributed by atoms with Crippen LogP contribution >= 0.6 is 0 Å². The zero-order valence-corrected chi connectivity index (χ0v) is 18.7. The minimum absolute atomic E-state index is 0.0146. The fourth-order valence-corrected chi connectivity index (χ4v) is 7.43. The van der Waals surface area contributed by atoms with Gasteiger partial charge in [-0.15, -0.1) is 0 Å². The van der Waals surface area contributed by atoms with Crippen LogP contribution in [0.5, 0.6) is 5.75 Å². The molecule has 1 aromatic carbocycles. The van der Waals surface area contributed by atoms with Crippen LogP contribution in [0.1, 0.15) is 93.4 Å². The maximum absolute atomic E-state index is 12.5. The van der Waals surface area contributed by atoms with E-state index in [-0.39, 0.29) is 34.5 Å². The molecule has 2 aliphatic carbocycles. The molecule has 2 saturated carbocycles. The largest absolute Gasteiger partial charge is 0.486 e. The minimum Gasteiger partial charge on any atom is -0.486 e. The molecule has 2 heterocycles. The second-order valence-corrected chi connectivity index (χ2v) is 11.2. The lowest BCUT2D eigenvalue weighted by molar-refractivity contribution is -0.233. The maximum atomic E-state index is 12.5. The lowest BCUT2D eigenvalue weighted by Crippen LogP contribution is -2.70. The van der Waals surface area contributed by atoms with Crippen LogP contribution in [-0.2, 0) is 6.42 Å². The number of aryl methyl sites for hydroxylation is 1. The molecule has 2 fully saturated rings. The van der Waals surface area contributed by atoms with Gasteiger partial charge in [0.05, 0.1) is 12.1 Å². The van der Waals surface area contributed by atoms with Crippen molar-refractivity contribution in [3.05, 3.63) is 28.3 Å². The van der Waals surface area contributed by atoms with E-state index in [9.17, 15) is 9.90 Å². The van der Waals surface area contributed by atoms with Crippen LogP contribution in [0.25, 0.3) is 0 Å². The normalized spacial score (nSPS) is 42.1. The van der Waals surface area contributed by atoms with E-state index in [2.05, 4.69) is 52.9 Å². The topological polar surface area (TPSA) is 58.6 Å². The van der Waals surface area contributed by atoms with E-state index in [4.69, 9.17) is 4.74 Å². The van der Waals surface area contributed by atoms with Gasteiger partial charge in [0.2, 0.25) is 0 Å². The summed E-state index contributed by atoms with van der Waals surface area (Å²) in [5.41, 5.74) is 3.85. The van der Waals surface area contributed by atoms with E-state index in [1.54, 1.807) is 0 Å². The van der Waals surface area contributed by atoms with Crippen LogP contribution in [0, 0.1) is 29.6 Å². The van der Waals surface area contributed by atoms with Gasteiger partial charge in [-0.05, 0) is 74.5 Å². The minimum atomic E-state index is -0.286. The van der Waals surface area contributed by atoms with E-state index >= 15 is 0 Å². The first-order chi connectivity index (χ1) is 13.5. The van der Waals surface area contributed by atoms with E-state index in [0.717, 1.165) is 42.6 Å². The van der Waals surface area contributed by atoms with E-state index < -0.39 is 0 Å². The van der Waals surface area contributed by atoms with Crippen molar-refractivity contribution in [3.63, 3.8) is 0 Å². The number of nitrogens with one attached hydrogen (secondary N) is 1. The van der Waals surface area contributed by atoms with Crippen LogP contribution in [0.4, 0.5) is 0 Å². The van der Waals surface area contributed by atoms with Crippen molar-refractivity contribution >= 4 is 5.91 Å². The standard InChI is InChI=1S/C25H35NO3/c1-13-11-16-20(15(3)26-22(16)28)21-17(13)12-24(6)14(2)7-8-18-23(4,5)19(27)9-10-25(18,24)29-21/h11,14-15,18-19,27H,7-10,12H2,1-6H3,(H,26,28)/t14-,15?,18?,19-,24+,25?/m0/s1. The number of aliphatic hydroxyl groups excluding tert-OH is 1. The molecule has 158 valence electrons. The van der Waals surface area contributed by atoms with Crippen molar-refractivity contribution in [1.82, 2.24) is 5.32 Å². The number of benzene rings is 1. The van der Waals surface area contributed by atoms with Gasteiger partial charge >= 0.3 is 0 Å². The molecule has 4 aliphatic rings. The molecule has 3 unspecified atom stereocenters. The molecular weight excluding hydrogens is 362 g/mol. The number of carbonyl (C=O) groups is 1. The molecule has 4 nitrogen and oxygen atoms in total. The maximum Gasteiger partial charge on any atom is 0.252 e. The second kappa shape index (κ2) is 5.78.